The molecule has 5 heteroatoms. The van der Waals surface area contributed by atoms with Crippen LogP contribution in [0.15, 0.2) is 103 Å². The SMILES string of the molecule is O=[N+]([O-])c1cc(Nc2ccccc2)c(Oc2ccccc2)cc1-c1ccccc1. The minimum atomic E-state index is -0.370. The molecule has 0 aliphatic carbocycles. The number of nitro groups is 1. The highest BCUT2D eigenvalue weighted by molar-refractivity contribution is 5.82. The molecule has 142 valence electrons. The highest BCUT2D eigenvalue weighted by Crippen LogP contribution is 2.41. The zero-order chi connectivity index (χ0) is 20.1. The van der Waals surface area contributed by atoms with E-state index in [4.69, 9.17) is 4.74 Å². The molecule has 0 atom stereocenters. The normalized spacial score (nSPS) is 10.3. The summed E-state index contributed by atoms with van der Waals surface area (Å²) in [5.41, 5.74) is 2.59. The van der Waals surface area contributed by atoms with Gasteiger partial charge in [-0.15, -0.1) is 0 Å². The molecule has 0 aromatic heterocycles. The minimum Gasteiger partial charge on any atom is -0.455 e. The summed E-state index contributed by atoms with van der Waals surface area (Å²) < 4.78 is 6.09. The molecule has 0 fully saturated rings. The van der Waals surface area contributed by atoms with Gasteiger partial charge in [-0.25, -0.2) is 0 Å². The van der Waals surface area contributed by atoms with Gasteiger partial charge in [0, 0.05) is 11.8 Å². The highest BCUT2D eigenvalue weighted by atomic mass is 16.6. The van der Waals surface area contributed by atoms with Gasteiger partial charge >= 0.3 is 0 Å². The summed E-state index contributed by atoms with van der Waals surface area (Å²) in [5.74, 6) is 1.15. The van der Waals surface area contributed by atoms with Crippen LogP contribution in [0.2, 0.25) is 0 Å². The second kappa shape index (κ2) is 8.27. The van der Waals surface area contributed by atoms with E-state index in [0.717, 1.165) is 11.3 Å². The predicted octanol–water partition coefficient (Wildman–Crippen LogP) is 6.80. The fraction of sp³-hybridized carbons (Fsp3) is 0. The van der Waals surface area contributed by atoms with Crippen LogP contribution in [0.25, 0.3) is 11.1 Å². The van der Waals surface area contributed by atoms with Crippen LogP contribution in [0.4, 0.5) is 17.1 Å². The van der Waals surface area contributed by atoms with E-state index in [-0.39, 0.29) is 10.6 Å². The van der Waals surface area contributed by atoms with Gasteiger partial charge < -0.3 is 10.1 Å². The topological polar surface area (TPSA) is 64.4 Å². The number of ether oxygens (including phenoxy) is 1. The largest absolute Gasteiger partial charge is 0.455 e. The first-order valence-electron chi connectivity index (χ1n) is 9.13. The van der Waals surface area contributed by atoms with Crippen molar-refractivity contribution in [2.75, 3.05) is 5.32 Å². The summed E-state index contributed by atoms with van der Waals surface area (Å²) in [6, 6.07) is 31.3. The number of hydrogen-bond acceptors (Lipinski definition) is 4. The van der Waals surface area contributed by atoms with Crippen LogP contribution in [0, 0.1) is 10.1 Å². The maximum absolute atomic E-state index is 11.8. The molecule has 0 aliphatic heterocycles. The van der Waals surface area contributed by atoms with Crippen molar-refractivity contribution in [3.8, 4) is 22.6 Å². The molecule has 4 aromatic carbocycles. The van der Waals surface area contributed by atoms with E-state index in [0.29, 0.717) is 22.7 Å². The molecule has 0 amide bonds. The van der Waals surface area contributed by atoms with Gasteiger partial charge in [0.05, 0.1) is 16.2 Å². The first-order valence-corrected chi connectivity index (χ1v) is 9.13. The average molecular weight is 382 g/mol. The molecule has 0 saturated heterocycles. The summed E-state index contributed by atoms with van der Waals surface area (Å²) in [5, 5.41) is 15.0. The Labute approximate surface area is 168 Å². The first kappa shape index (κ1) is 18.3. The number of nitrogens with one attached hydrogen (secondary N) is 1. The first-order chi connectivity index (χ1) is 14.2. The molecular weight excluding hydrogens is 364 g/mol. The molecule has 4 rings (SSSR count). The Balaban J connectivity index is 1.85. The third-order valence-electron chi connectivity index (χ3n) is 4.40. The van der Waals surface area contributed by atoms with Crippen molar-refractivity contribution in [2.24, 2.45) is 0 Å². The van der Waals surface area contributed by atoms with Crippen LogP contribution in [0.1, 0.15) is 0 Å². The van der Waals surface area contributed by atoms with Gasteiger partial charge in [-0.3, -0.25) is 10.1 Å². The maximum Gasteiger partial charge on any atom is 0.279 e. The van der Waals surface area contributed by atoms with Gasteiger partial charge in [0.2, 0.25) is 0 Å². The Morgan fingerprint density at radius 1 is 0.759 bits per heavy atom. The average Bonchev–Trinajstić information content (AvgIpc) is 2.76. The quantitative estimate of drug-likeness (QED) is 0.294. The van der Waals surface area contributed by atoms with Crippen molar-refractivity contribution in [1.29, 1.82) is 0 Å². The Morgan fingerprint density at radius 2 is 1.34 bits per heavy atom. The lowest BCUT2D eigenvalue weighted by atomic mass is 10.0. The molecular formula is C24H18N2O3. The van der Waals surface area contributed by atoms with Crippen LogP contribution in [0.3, 0.4) is 0 Å². The number of para-hydroxylation sites is 2. The molecule has 0 radical (unpaired) electrons. The molecule has 5 nitrogen and oxygen atoms in total. The standard InChI is InChI=1S/C24H18N2O3/c27-26(28)23-17-22(25-19-12-6-2-7-13-19)24(29-20-14-8-3-9-15-20)16-21(23)18-10-4-1-5-11-18/h1-17,25H. The van der Waals surface area contributed by atoms with Gasteiger partial charge in [-0.1, -0.05) is 66.7 Å². The molecule has 0 aliphatic rings. The van der Waals surface area contributed by atoms with Crippen molar-refractivity contribution in [3.05, 3.63) is 113 Å². The summed E-state index contributed by atoms with van der Waals surface area (Å²) in [4.78, 5) is 11.4. The third kappa shape index (κ3) is 4.25. The van der Waals surface area contributed by atoms with E-state index >= 15 is 0 Å². The zero-order valence-electron chi connectivity index (χ0n) is 15.5. The van der Waals surface area contributed by atoms with Gasteiger partial charge in [-0.2, -0.15) is 0 Å². The van der Waals surface area contributed by atoms with Crippen molar-refractivity contribution in [2.45, 2.75) is 0 Å². The van der Waals surface area contributed by atoms with Gasteiger partial charge in [-0.05, 0) is 35.9 Å². The summed E-state index contributed by atoms with van der Waals surface area (Å²) in [7, 11) is 0. The molecule has 4 aromatic rings. The maximum atomic E-state index is 11.8. The number of rotatable bonds is 6. The molecule has 0 heterocycles. The van der Waals surface area contributed by atoms with Crippen molar-refractivity contribution < 1.29 is 9.66 Å². The highest BCUT2D eigenvalue weighted by Gasteiger charge is 2.21. The zero-order valence-corrected chi connectivity index (χ0v) is 15.5. The predicted molar refractivity (Wildman–Crippen MR) is 115 cm³/mol. The van der Waals surface area contributed by atoms with Crippen molar-refractivity contribution in [1.82, 2.24) is 0 Å². The Bertz CT molecular complexity index is 1110. The number of nitro benzene ring substituents is 1. The lowest BCUT2D eigenvalue weighted by Crippen LogP contribution is -1.99. The van der Waals surface area contributed by atoms with Crippen LogP contribution < -0.4 is 10.1 Å². The van der Waals surface area contributed by atoms with E-state index in [1.54, 1.807) is 6.07 Å². The van der Waals surface area contributed by atoms with E-state index in [1.165, 1.54) is 6.07 Å². The molecule has 0 bridgehead atoms. The third-order valence-corrected chi connectivity index (χ3v) is 4.40. The second-order valence-corrected chi connectivity index (χ2v) is 6.39. The lowest BCUT2D eigenvalue weighted by molar-refractivity contribution is -0.384. The van der Waals surface area contributed by atoms with Gasteiger partial charge in [0.25, 0.3) is 5.69 Å². The number of nitrogens with zero attached hydrogens (tertiary/aromatic N) is 1. The van der Waals surface area contributed by atoms with Gasteiger partial charge in [0.15, 0.2) is 5.75 Å². The summed E-state index contributed by atoms with van der Waals surface area (Å²) in [6.45, 7) is 0. The van der Waals surface area contributed by atoms with Crippen LogP contribution >= 0.6 is 0 Å². The molecule has 1 N–H and O–H groups in total. The molecule has 0 spiro atoms. The van der Waals surface area contributed by atoms with Crippen LogP contribution in [-0.4, -0.2) is 4.92 Å². The number of benzene rings is 4. The number of anilines is 2. The second-order valence-electron chi connectivity index (χ2n) is 6.39. The summed E-state index contributed by atoms with van der Waals surface area (Å²) in [6.07, 6.45) is 0. The van der Waals surface area contributed by atoms with Gasteiger partial charge in [0.1, 0.15) is 5.75 Å². The lowest BCUT2D eigenvalue weighted by Gasteiger charge is -2.15. The van der Waals surface area contributed by atoms with Crippen LogP contribution in [-0.2, 0) is 0 Å². The van der Waals surface area contributed by atoms with E-state index in [2.05, 4.69) is 5.32 Å². The Hall–Kier alpha value is -4.12. The minimum absolute atomic E-state index is 0.00930. The summed E-state index contributed by atoms with van der Waals surface area (Å²) >= 11 is 0. The molecule has 29 heavy (non-hydrogen) atoms. The number of hydrogen-bond donors (Lipinski definition) is 1. The van der Waals surface area contributed by atoms with Crippen LogP contribution in [0.5, 0.6) is 11.5 Å². The van der Waals surface area contributed by atoms with E-state index < -0.39 is 0 Å². The fourth-order valence-electron chi connectivity index (χ4n) is 3.04. The monoisotopic (exact) mass is 382 g/mol. The Kier molecular flexibility index (Phi) is 5.21. The molecule has 0 unspecified atom stereocenters. The van der Waals surface area contributed by atoms with Crippen molar-refractivity contribution >= 4 is 17.1 Å². The molecule has 0 saturated carbocycles. The Morgan fingerprint density at radius 3 is 1.97 bits per heavy atom. The fourth-order valence-corrected chi connectivity index (χ4v) is 3.04. The van der Waals surface area contributed by atoms with E-state index in [1.807, 2.05) is 91.0 Å². The van der Waals surface area contributed by atoms with Crippen molar-refractivity contribution in [3.63, 3.8) is 0 Å². The smallest absolute Gasteiger partial charge is 0.279 e. The van der Waals surface area contributed by atoms with E-state index in [9.17, 15) is 10.1 Å².